The second-order valence-corrected chi connectivity index (χ2v) is 5.58. The second-order valence-electron chi connectivity index (χ2n) is 5.58. The Balaban J connectivity index is 2.13. The summed E-state index contributed by atoms with van der Waals surface area (Å²) in [7, 11) is 0. The molecule has 0 aliphatic heterocycles. The van der Waals surface area contributed by atoms with E-state index in [0.717, 1.165) is 25.0 Å². The van der Waals surface area contributed by atoms with E-state index in [1.807, 2.05) is 0 Å². The number of nitrogens with one attached hydrogen (secondary N) is 1. The van der Waals surface area contributed by atoms with Gasteiger partial charge in [-0.05, 0) is 51.0 Å². The Kier molecular flexibility index (Phi) is 6.37. The monoisotopic (exact) mass is 227 g/mol. The first-order valence-electron chi connectivity index (χ1n) is 6.98. The van der Waals surface area contributed by atoms with Gasteiger partial charge < -0.3 is 10.1 Å². The van der Waals surface area contributed by atoms with Crippen molar-refractivity contribution in [2.75, 3.05) is 13.2 Å². The highest BCUT2D eigenvalue weighted by Gasteiger charge is 2.25. The van der Waals surface area contributed by atoms with Gasteiger partial charge in [-0.1, -0.05) is 20.8 Å². The van der Waals surface area contributed by atoms with E-state index in [1.165, 1.54) is 25.7 Å². The summed E-state index contributed by atoms with van der Waals surface area (Å²) in [6.07, 6.45) is 5.55. The van der Waals surface area contributed by atoms with Crippen molar-refractivity contribution in [3.8, 4) is 0 Å². The van der Waals surface area contributed by atoms with Crippen molar-refractivity contribution in [2.24, 2.45) is 11.8 Å². The summed E-state index contributed by atoms with van der Waals surface area (Å²) >= 11 is 0. The first kappa shape index (κ1) is 14.0. The molecular weight excluding hydrogens is 198 g/mol. The van der Waals surface area contributed by atoms with Gasteiger partial charge in [-0.3, -0.25) is 0 Å². The Bertz CT molecular complexity index is 184. The molecule has 1 N–H and O–H groups in total. The highest BCUT2D eigenvalue weighted by molar-refractivity contribution is 4.76. The van der Waals surface area contributed by atoms with Gasteiger partial charge in [0.1, 0.15) is 0 Å². The zero-order chi connectivity index (χ0) is 12.0. The molecule has 4 unspecified atom stereocenters. The molecule has 0 aromatic carbocycles. The van der Waals surface area contributed by atoms with Crippen LogP contribution < -0.4 is 5.32 Å². The van der Waals surface area contributed by atoms with E-state index in [1.54, 1.807) is 0 Å². The third kappa shape index (κ3) is 4.84. The molecule has 1 saturated carbocycles. The van der Waals surface area contributed by atoms with Crippen molar-refractivity contribution >= 4 is 0 Å². The molecule has 0 amide bonds. The average Bonchev–Trinajstić information content (AvgIpc) is 2.28. The summed E-state index contributed by atoms with van der Waals surface area (Å²) < 4.78 is 6.00. The zero-order valence-corrected chi connectivity index (χ0v) is 11.5. The second kappa shape index (κ2) is 7.29. The first-order valence-corrected chi connectivity index (χ1v) is 6.98. The summed E-state index contributed by atoms with van der Waals surface area (Å²) in [5.74, 6) is 1.72. The van der Waals surface area contributed by atoms with Crippen molar-refractivity contribution in [2.45, 2.75) is 65.5 Å². The minimum absolute atomic E-state index is 0.495. The molecule has 2 heteroatoms. The molecule has 2 nitrogen and oxygen atoms in total. The quantitative estimate of drug-likeness (QED) is 0.752. The van der Waals surface area contributed by atoms with E-state index in [-0.39, 0.29) is 0 Å². The highest BCUT2D eigenvalue weighted by Crippen LogP contribution is 2.30. The highest BCUT2D eigenvalue weighted by atomic mass is 16.5. The van der Waals surface area contributed by atoms with Crippen LogP contribution in [0.4, 0.5) is 0 Å². The van der Waals surface area contributed by atoms with Crippen LogP contribution in [-0.4, -0.2) is 25.3 Å². The molecule has 0 aromatic rings. The van der Waals surface area contributed by atoms with E-state index >= 15 is 0 Å². The minimum Gasteiger partial charge on any atom is -0.377 e. The summed E-state index contributed by atoms with van der Waals surface area (Å²) in [5, 5.41) is 3.47. The van der Waals surface area contributed by atoms with Crippen molar-refractivity contribution in [1.82, 2.24) is 5.32 Å². The summed E-state index contributed by atoms with van der Waals surface area (Å²) in [6.45, 7) is 11.1. The van der Waals surface area contributed by atoms with Gasteiger partial charge in [0.2, 0.25) is 0 Å². The first-order chi connectivity index (χ1) is 7.63. The van der Waals surface area contributed by atoms with Crippen LogP contribution in [-0.2, 0) is 4.74 Å². The number of hydrogen-bond donors (Lipinski definition) is 1. The normalized spacial score (nSPS) is 32.6. The Morgan fingerprint density at radius 3 is 2.62 bits per heavy atom. The van der Waals surface area contributed by atoms with Crippen molar-refractivity contribution in [3.63, 3.8) is 0 Å². The fraction of sp³-hybridized carbons (Fsp3) is 1.00. The molecule has 16 heavy (non-hydrogen) atoms. The van der Waals surface area contributed by atoms with Gasteiger partial charge in [0.05, 0.1) is 12.7 Å². The van der Waals surface area contributed by atoms with Gasteiger partial charge in [-0.15, -0.1) is 0 Å². The predicted octanol–water partition coefficient (Wildman–Crippen LogP) is 3.22. The standard InChI is InChI=1S/C14H29NO/c1-5-8-15-13(4)10-16-14-7-6-11(2)12(3)9-14/h11-15H,5-10H2,1-4H3. The largest absolute Gasteiger partial charge is 0.377 e. The predicted molar refractivity (Wildman–Crippen MR) is 69.7 cm³/mol. The number of rotatable bonds is 6. The molecular formula is C14H29NO. The molecule has 0 aromatic heterocycles. The summed E-state index contributed by atoms with van der Waals surface area (Å²) in [5.41, 5.74) is 0. The molecule has 1 aliphatic carbocycles. The lowest BCUT2D eigenvalue weighted by Crippen LogP contribution is -2.35. The smallest absolute Gasteiger partial charge is 0.0620 e. The fourth-order valence-corrected chi connectivity index (χ4v) is 2.38. The number of ether oxygens (including phenoxy) is 1. The molecule has 0 heterocycles. The van der Waals surface area contributed by atoms with Crippen molar-refractivity contribution in [1.29, 1.82) is 0 Å². The van der Waals surface area contributed by atoms with Gasteiger partial charge in [0, 0.05) is 6.04 Å². The number of hydrogen-bond acceptors (Lipinski definition) is 2. The lowest BCUT2D eigenvalue weighted by Gasteiger charge is -2.32. The maximum absolute atomic E-state index is 6.00. The fourth-order valence-electron chi connectivity index (χ4n) is 2.38. The molecule has 0 spiro atoms. The third-order valence-electron chi connectivity index (χ3n) is 3.87. The Labute approximate surface area is 101 Å². The van der Waals surface area contributed by atoms with Crippen LogP contribution in [0.2, 0.25) is 0 Å². The van der Waals surface area contributed by atoms with Crippen LogP contribution >= 0.6 is 0 Å². The molecule has 1 rings (SSSR count). The van der Waals surface area contributed by atoms with Crippen molar-refractivity contribution in [3.05, 3.63) is 0 Å². The zero-order valence-electron chi connectivity index (χ0n) is 11.5. The molecule has 1 fully saturated rings. The molecule has 1 aliphatic rings. The van der Waals surface area contributed by atoms with E-state index in [2.05, 4.69) is 33.0 Å². The molecule has 96 valence electrons. The van der Waals surface area contributed by atoms with E-state index < -0.39 is 0 Å². The van der Waals surface area contributed by atoms with E-state index in [4.69, 9.17) is 4.74 Å². The van der Waals surface area contributed by atoms with Crippen LogP contribution in [0.1, 0.15) is 53.4 Å². The Hall–Kier alpha value is -0.0800. The summed E-state index contributed by atoms with van der Waals surface area (Å²) in [4.78, 5) is 0. The lowest BCUT2D eigenvalue weighted by molar-refractivity contribution is -0.00532. The molecule has 0 saturated heterocycles. The SMILES string of the molecule is CCCNC(C)COC1CCC(C)C(C)C1. The van der Waals surface area contributed by atoms with Gasteiger partial charge in [0.15, 0.2) is 0 Å². The van der Waals surface area contributed by atoms with Gasteiger partial charge >= 0.3 is 0 Å². The van der Waals surface area contributed by atoms with Crippen molar-refractivity contribution < 1.29 is 4.74 Å². The van der Waals surface area contributed by atoms with Gasteiger partial charge in [-0.2, -0.15) is 0 Å². The average molecular weight is 227 g/mol. The van der Waals surface area contributed by atoms with Crippen LogP contribution in [0.25, 0.3) is 0 Å². The van der Waals surface area contributed by atoms with Crippen LogP contribution in [0.5, 0.6) is 0 Å². The summed E-state index contributed by atoms with van der Waals surface area (Å²) in [6, 6.07) is 0.495. The minimum atomic E-state index is 0.495. The maximum Gasteiger partial charge on any atom is 0.0620 e. The van der Waals surface area contributed by atoms with E-state index in [0.29, 0.717) is 12.1 Å². The molecule has 0 radical (unpaired) electrons. The van der Waals surface area contributed by atoms with E-state index in [9.17, 15) is 0 Å². The Morgan fingerprint density at radius 2 is 2.00 bits per heavy atom. The van der Waals surface area contributed by atoms with Crippen LogP contribution in [0, 0.1) is 11.8 Å². The molecule has 4 atom stereocenters. The van der Waals surface area contributed by atoms with Crippen LogP contribution in [0.15, 0.2) is 0 Å². The Morgan fingerprint density at radius 1 is 1.25 bits per heavy atom. The van der Waals surface area contributed by atoms with Crippen LogP contribution in [0.3, 0.4) is 0 Å². The lowest BCUT2D eigenvalue weighted by atomic mass is 9.80. The maximum atomic E-state index is 6.00. The third-order valence-corrected chi connectivity index (χ3v) is 3.87. The van der Waals surface area contributed by atoms with Gasteiger partial charge in [0.25, 0.3) is 0 Å². The topological polar surface area (TPSA) is 21.3 Å². The van der Waals surface area contributed by atoms with Gasteiger partial charge in [-0.25, -0.2) is 0 Å². The molecule has 0 bridgehead atoms.